The third kappa shape index (κ3) is 6.45. The van der Waals surface area contributed by atoms with Gasteiger partial charge in [0.05, 0.1) is 5.54 Å². The molecule has 0 spiro atoms. The van der Waals surface area contributed by atoms with E-state index in [1.807, 2.05) is 61.5 Å². The molecule has 1 saturated heterocycles. The Kier molecular flexibility index (Phi) is 10.6. The minimum atomic E-state index is -0.740. The third-order valence-electron chi connectivity index (χ3n) is 7.90. The van der Waals surface area contributed by atoms with Crippen LogP contribution in [0.2, 0.25) is 0 Å². The highest BCUT2D eigenvalue weighted by atomic mass is 16.3. The van der Waals surface area contributed by atoms with Crippen LogP contribution in [0.5, 0.6) is 0 Å². The summed E-state index contributed by atoms with van der Waals surface area (Å²) < 4.78 is 0. The van der Waals surface area contributed by atoms with E-state index in [4.69, 9.17) is 0 Å². The van der Waals surface area contributed by atoms with Gasteiger partial charge < -0.3 is 20.6 Å². The lowest BCUT2D eigenvalue weighted by atomic mass is 9.73. The van der Waals surface area contributed by atoms with Crippen molar-refractivity contribution in [3.05, 3.63) is 119 Å². The summed E-state index contributed by atoms with van der Waals surface area (Å²) in [7, 11) is 1.45. The number of nitrogens with one attached hydrogen (secondary N) is 2. The van der Waals surface area contributed by atoms with Gasteiger partial charge in [0.25, 0.3) is 11.8 Å². The minimum Gasteiger partial charge on any atom is -0.396 e. The lowest BCUT2D eigenvalue weighted by Crippen LogP contribution is -2.58. The number of rotatable bonds is 12. The van der Waals surface area contributed by atoms with Crippen LogP contribution in [0.25, 0.3) is 0 Å². The lowest BCUT2D eigenvalue weighted by Gasteiger charge is -2.51. The van der Waals surface area contributed by atoms with Crippen LogP contribution < -0.4 is 10.6 Å². The maximum atomic E-state index is 12.9. The summed E-state index contributed by atoms with van der Waals surface area (Å²) in [4.78, 5) is 41.9. The normalized spacial score (nSPS) is 17.7. The molecule has 4 rings (SSSR count). The Hall–Kier alpha value is -4.27. The molecule has 8 heteroatoms. The summed E-state index contributed by atoms with van der Waals surface area (Å²) in [5, 5.41) is 15.7. The fraction of sp³-hybridized carbons (Fsp3) is 0.324. The highest BCUT2D eigenvalue weighted by Gasteiger charge is 2.46. The molecule has 0 aliphatic carbocycles. The number of likely N-dealkylation sites (N-methyl/N-ethyl adjacent to an activating group) is 1. The van der Waals surface area contributed by atoms with E-state index in [0.717, 1.165) is 16.7 Å². The maximum absolute atomic E-state index is 12.9. The van der Waals surface area contributed by atoms with Gasteiger partial charge in [-0.25, -0.2) is 0 Å². The summed E-state index contributed by atoms with van der Waals surface area (Å²) in [6, 6.07) is 30.3. The van der Waals surface area contributed by atoms with Crippen molar-refractivity contribution in [1.82, 2.24) is 20.4 Å². The lowest BCUT2D eigenvalue weighted by molar-refractivity contribution is -0.123. The monoisotopic (exact) mass is 568 g/mol. The molecule has 2 unspecified atom stereocenters. The first kappa shape index (κ1) is 30.7. The van der Waals surface area contributed by atoms with Gasteiger partial charge in [0.1, 0.15) is 5.57 Å². The summed E-state index contributed by atoms with van der Waals surface area (Å²) >= 11 is 0. The van der Waals surface area contributed by atoms with Gasteiger partial charge in [0, 0.05) is 45.5 Å². The number of nitrogens with zero attached hydrogens (tertiary/aromatic N) is 2. The van der Waals surface area contributed by atoms with Crippen LogP contribution in [0.4, 0.5) is 0 Å². The molecule has 2 atom stereocenters. The Bertz CT molecular complexity index is 1250. The molecule has 42 heavy (non-hydrogen) atoms. The van der Waals surface area contributed by atoms with Crippen molar-refractivity contribution < 1.29 is 19.5 Å². The molecule has 0 saturated carbocycles. The van der Waals surface area contributed by atoms with E-state index in [-0.39, 0.29) is 18.1 Å². The molecule has 1 fully saturated rings. The van der Waals surface area contributed by atoms with Crippen LogP contribution >= 0.6 is 0 Å². The van der Waals surface area contributed by atoms with Gasteiger partial charge in [-0.05, 0) is 35.4 Å². The molecule has 1 aliphatic heterocycles. The average molecular weight is 569 g/mol. The first-order valence-electron chi connectivity index (χ1n) is 14.5. The summed E-state index contributed by atoms with van der Waals surface area (Å²) in [6.07, 6.45) is 3.22. The van der Waals surface area contributed by atoms with Gasteiger partial charge >= 0.3 is 0 Å². The Morgan fingerprint density at radius 3 is 1.86 bits per heavy atom. The van der Waals surface area contributed by atoms with E-state index in [9.17, 15) is 19.5 Å². The maximum Gasteiger partial charge on any atom is 0.258 e. The first-order valence-corrected chi connectivity index (χ1v) is 14.5. The number of hydrogen-bond donors (Lipinski definition) is 3. The van der Waals surface area contributed by atoms with Crippen molar-refractivity contribution in [1.29, 1.82) is 0 Å². The predicted octanol–water partition coefficient (Wildman–Crippen LogP) is 3.28. The van der Waals surface area contributed by atoms with Gasteiger partial charge in [-0.3, -0.25) is 19.3 Å². The second kappa shape index (κ2) is 14.6. The van der Waals surface area contributed by atoms with Crippen molar-refractivity contribution in [3.8, 4) is 0 Å². The summed E-state index contributed by atoms with van der Waals surface area (Å²) in [6.45, 7) is 3.26. The van der Waals surface area contributed by atoms with Gasteiger partial charge in [-0.1, -0.05) is 97.9 Å². The molecule has 3 amide bonds. The number of carbonyl (C=O) groups is 3. The van der Waals surface area contributed by atoms with Crippen LogP contribution in [0.15, 0.2) is 103 Å². The van der Waals surface area contributed by atoms with Crippen LogP contribution in [-0.4, -0.2) is 72.5 Å². The fourth-order valence-electron chi connectivity index (χ4n) is 5.94. The molecule has 1 heterocycles. The molecule has 3 N–H and O–H groups in total. The van der Waals surface area contributed by atoms with Gasteiger partial charge in [-0.2, -0.15) is 0 Å². The van der Waals surface area contributed by atoms with Crippen molar-refractivity contribution in [2.45, 2.75) is 31.3 Å². The van der Waals surface area contributed by atoms with Gasteiger partial charge in [-0.15, -0.1) is 0 Å². The highest BCUT2D eigenvalue weighted by Crippen LogP contribution is 2.44. The number of benzene rings is 3. The summed E-state index contributed by atoms with van der Waals surface area (Å²) in [5.41, 5.74) is 2.28. The van der Waals surface area contributed by atoms with Crippen molar-refractivity contribution in [3.63, 3.8) is 0 Å². The van der Waals surface area contributed by atoms with E-state index in [2.05, 4.69) is 51.9 Å². The zero-order valence-electron chi connectivity index (χ0n) is 24.3. The molecular formula is C34H40N4O4. The Morgan fingerprint density at radius 1 is 0.905 bits per heavy atom. The number of hydrogen-bond acceptors (Lipinski definition) is 5. The average Bonchev–Trinajstić information content (AvgIpc) is 3.05. The van der Waals surface area contributed by atoms with Gasteiger partial charge in [0.15, 0.2) is 0 Å². The number of likely N-dealkylation sites (tertiary alicyclic amines) is 1. The van der Waals surface area contributed by atoms with E-state index in [0.29, 0.717) is 38.9 Å². The van der Waals surface area contributed by atoms with Crippen LogP contribution in [0.1, 0.15) is 36.5 Å². The summed E-state index contributed by atoms with van der Waals surface area (Å²) in [5.74, 6) is -1.27. The Morgan fingerprint density at radius 2 is 1.43 bits per heavy atom. The molecular weight excluding hydrogens is 528 g/mol. The van der Waals surface area contributed by atoms with Crippen LogP contribution in [0, 0.1) is 5.92 Å². The second-order valence-electron chi connectivity index (χ2n) is 10.6. The number of carbonyl (C=O) groups excluding carboxylic acids is 3. The third-order valence-corrected chi connectivity index (χ3v) is 7.90. The molecule has 0 aromatic heterocycles. The van der Waals surface area contributed by atoms with E-state index in [1.165, 1.54) is 18.1 Å². The van der Waals surface area contributed by atoms with E-state index < -0.39 is 23.4 Å². The van der Waals surface area contributed by atoms with E-state index in [1.54, 1.807) is 0 Å². The second-order valence-corrected chi connectivity index (χ2v) is 10.6. The number of amides is 3. The number of aliphatic hydroxyl groups is 1. The molecule has 1 aliphatic rings. The molecule has 0 radical (unpaired) electrons. The molecule has 8 nitrogen and oxygen atoms in total. The number of piperidine rings is 1. The van der Waals surface area contributed by atoms with Crippen molar-refractivity contribution in [2.75, 3.05) is 33.3 Å². The smallest absolute Gasteiger partial charge is 0.258 e. The van der Waals surface area contributed by atoms with E-state index >= 15 is 0 Å². The fourth-order valence-corrected chi connectivity index (χ4v) is 5.94. The largest absolute Gasteiger partial charge is 0.396 e. The van der Waals surface area contributed by atoms with Crippen LogP contribution in [0.3, 0.4) is 0 Å². The predicted molar refractivity (Wildman–Crippen MR) is 163 cm³/mol. The number of aliphatic hydroxyl groups excluding tert-OH is 1. The highest BCUT2D eigenvalue weighted by molar-refractivity contribution is 6.18. The Labute approximate surface area is 248 Å². The molecule has 3 aromatic carbocycles. The Balaban J connectivity index is 1.86. The van der Waals surface area contributed by atoms with Crippen molar-refractivity contribution in [2.24, 2.45) is 5.92 Å². The standard InChI is InChI=1S/C34H40N4O4/c1-3-19-36-33(42)31(32(41)35-2)23-37(25-40)30-20-26(24-39)21-38(22-30)34(27-13-7-4-8-14-27,28-15-9-5-10-16-28)29-17-11-6-12-18-29/h4-18,23,25-26,30,39H,3,19-22,24H2,1-2H3,(H,35,41)(H,36,42)/b31-23+. The van der Waals surface area contributed by atoms with Crippen molar-refractivity contribution >= 4 is 18.2 Å². The zero-order valence-corrected chi connectivity index (χ0v) is 24.3. The molecule has 0 bridgehead atoms. The molecule has 220 valence electrons. The topological polar surface area (TPSA) is 102 Å². The molecule has 3 aromatic rings. The SMILES string of the molecule is CCCNC(=O)/C(=C/N(C=O)C1CC(CO)CN(C(c2ccccc2)(c2ccccc2)c2ccccc2)C1)C(=O)NC. The quantitative estimate of drug-likeness (QED) is 0.102. The zero-order chi connectivity index (χ0) is 30.0. The van der Waals surface area contributed by atoms with Crippen LogP contribution in [-0.2, 0) is 19.9 Å². The van der Waals surface area contributed by atoms with Gasteiger partial charge in [0.2, 0.25) is 6.41 Å². The first-order chi connectivity index (χ1) is 20.5. The minimum absolute atomic E-state index is 0.0723.